The van der Waals surface area contributed by atoms with E-state index in [0.717, 1.165) is 19.3 Å². The third kappa shape index (κ3) is 4.00. The Bertz CT molecular complexity index is 961. The van der Waals surface area contributed by atoms with E-state index in [-0.39, 0.29) is 41.8 Å². The Hall–Kier alpha value is -3.01. The van der Waals surface area contributed by atoms with E-state index in [1.165, 1.54) is 6.08 Å². The van der Waals surface area contributed by atoms with Crippen LogP contribution in [-0.4, -0.2) is 42.8 Å². The average molecular weight is 410 g/mol. The quantitative estimate of drug-likeness (QED) is 0.430. The van der Waals surface area contributed by atoms with E-state index in [9.17, 15) is 14.9 Å². The number of rotatable bonds is 4. The summed E-state index contributed by atoms with van der Waals surface area (Å²) in [5.41, 5.74) is 0.755. The van der Waals surface area contributed by atoms with E-state index in [4.69, 9.17) is 14.2 Å². The van der Waals surface area contributed by atoms with E-state index >= 15 is 0 Å². The highest BCUT2D eigenvalue weighted by atomic mass is 16.7. The Morgan fingerprint density at radius 1 is 1.27 bits per heavy atom. The van der Waals surface area contributed by atoms with Gasteiger partial charge in [0.1, 0.15) is 11.6 Å². The van der Waals surface area contributed by atoms with Crippen LogP contribution in [0.5, 0.6) is 11.5 Å². The van der Waals surface area contributed by atoms with Crippen molar-refractivity contribution in [3.05, 3.63) is 29.3 Å². The predicted octanol–water partition coefficient (Wildman–Crippen LogP) is 3.29. The van der Waals surface area contributed by atoms with Gasteiger partial charge >= 0.3 is 5.97 Å². The molecule has 1 amide bonds. The van der Waals surface area contributed by atoms with Crippen molar-refractivity contribution in [1.29, 1.82) is 5.26 Å². The topological polar surface area (TPSA) is 88.9 Å². The molecule has 2 bridgehead atoms. The molecule has 2 heterocycles. The van der Waals surface area contributed by atoms with E-state index in [0.29, 0.717) is 23.6 Å². The lowest BCUT2D eigenvalue weighted by atomic mass is 9.65. The SMILES string of the molecule is CC1(C)CC2CC(C)(CN2C(=O)COC(=O)/C(C#N)=C/c2ccc3c(c2)OCO3)C1. The molecule has 4 rings (SSSR count). The molecule has 0 spiro atoms. The number of esters is 1. The Morgan fingerprint density at radius 2 is 2.03 bits per heavy atom. The van der Waals surface area contributed by atoms with Crippen molar-refractivity contribution in [1.82, 2.24) is 4.90 Å². The number of nitriles is 1. The van der Waals surface area contributed by atoms with Crippen LogP contribution in [0.25, 0.3) is 6.08 Å². The monoisotopic (exact) mass is 410 g/mol. The molecule has 7 nitrogen and oxygen atoms in total. The molecule has 30 heavy (non-hydrogen) atoms. The molecule has 0 radical (unpaired) electrons. The van der Waals surface area contributed by atoms with Crippen LogP contribution >= 0.6 is 0 Å². The van der Waals surface area contributed by atoms with Crippen LogP contribution < -0.4 is 9.47 Å². The second kappa shape index (κ2) is 7.35. The van der Waals surface area contributed by atoms with Gasteiger partial charge in [0, 0.05) is 12.6 Å². The van der Waals surface area contributed by atoms with Gasteiger partial charge in [-0.2, -0.15) is 5.26 Å². The molecule has 1 aliphatic carbocycles. The van der Waals surface area contributed by atoms with Gasteiger partial charge in [0.25, 0.3) is 5.91 Å². The van der Waals surface area contributed by atoms with Crippen LogP contribution in [0.1, 0.15) is 45.6 Å². The average Bonchev–Trinajstić information content (AvgIpc) is 3.23. The van der Waals surface area contributed by atoms with E-state index < -0.39 is 5.97 Å². The second-order valence-corrected chi connectivity index (χ2v) is 9.59. The summed E-state index contributed by atoms with van der Waals surface area (Å²) in [5, 5.41) is 9.37. The number of carbonyl (C=O) groups is 2. The Kier molecular flexibility index (Phi) is 4.97. The Labute approximate surface area is 176 Å². The first-order valence-electron chi connectivity index (χ1n) is 10.2. The van der Waals surface area contributed by atoms with Crippen LogP contribution in [0.2, 0.25) is 0 Å². The molecule has 0 aromatic heterocycles. The molecule has 158 valence electrons. The molecule has 1 aromatic carbocycles. The standard InChI is InChI=1S/C23H26N2O5/c1-22(2)8-17-9-23(3,12-22)13-25(17)20(26)11-28-21(27)16(10-24)6-15-4-5-18-19(7-15)30-14-29-18/h4-7,17H,8-9,11-14H2,1-3H3/b16-6+. The lowest BCUT2D eigenvalue weighted by Gasteiger charge is -2.39. The molecule has 3 aliphatic rings. The summed E-state index contributed by atoms with van der Waals surface area (Å²) in [7, 11) is 0. The largest absolute Gasteiger partial charge is 0.454 e. The van der Waals surface area contributed by atoms with Gasteiger partial charge in [-0.15, -0.1) is 0 Å². The van der Waals surface area contributed by atoms with Crippen LogP contribution in [0, 0.1) is 22.2 Å². The van der Waals surface area contributed by atoms with Crippen molar-refractivity contribution in [2.24, 2.45) is 10.8 Å². The minimum Gasteiger partial charge on any atom is -0.454 e. The van der Waals surface area contributed by atoms with Crippen molar-refractivity contribution < 1.29 is 23.8 Å². The van der Waals surface area contributed by atoms with Gasteiger partial charge in [-0.1, -0.05) is 26.8 Å². The van der Waals surface area contributed by atoms with Gasteiger partial charge in [-0.25, -0.2) is 4.79 Å². The fourth-order valence-corrected chi connectivity index (χ4v) is 5.35. The van der Waals surface area contributed by atoms with Gasteiger partial charge in [0.2, 0.25) is 6.79 Å². The van der Waals surface area contributed by atoms with Gasteiger partial charge in [-0.05, 0) is 53.9 Å². The predicted molar refractivity (Wildman–Crippen MR) is 108 cm³/mol. The maximum Gasteiger partial charge on any atom is 0.349 e. The van der Waals surface area contributed by atoms with Crippen molar-refractivity contribution in [2.75, 3.05) is 19.9 Å². The van der Waals surface area contributed by atoms with Crippen molar-refractivity contribution in [3.8, 4) is 17.6 Å². The number of amides is 1. The molecule has 7 heteroatoms. The number of hydrogen-bond acceptors (Lipinski definition) is 6. The normalized spacial score (nSPS) is 26.3. The Morgan fingerprint density at radius 3 is 2.80 bits per heavy atom. The lowest BCUT2D eigenvalue weighted by Crippen LogP contribution is -2.39. The number of ether oxygens (including phenoxy) is 3. The van der Waals surface area contributed by atoms with Crippen LogP contribution in [0.15, 0.2) is 23.8 Å². The summed E-state index contributed by atoms with van der Waals surface area (Å²) in [6, 6.07) is 7.16. The summed E-state index contributed by atoms with van der Waals surface area (Å²) < 4.78 is 15.8. The van der Waals surface area contributed by atoms with Gasteiger partial charge in [0.05, 0.1) is 0 Å². The van der Waals surface area contributed by atoms with Crippen molar-refractivity contribution in [3.63, 3.8) is 0 Å². The number of benzene rings is 1. The number of fused-ring (bicyclic) bond motifs is 3. The molecule has 2 aliphatic heterocycles. The molecule has 1 saturated carbocycles. The zero-order valence-corrected chi connectivity index (χ0v) is 17.6. The molecule has 2 fully saturated rings. The zero-order chi connectivity index (χ0) is 21.5. The first kappa shape index (κ1) is 20.3. The fourth-order valence-electron chi connectivity index (χ4n) is 5.35. The van der Waals surface area contributed by atoms with Gasteiger partial charge in [0.15, 0.2) is 18.1 Å². The van der Waals surface area contributed by atoms with Crippen LogP contribution in [0.3, 0.4) is 0 Å². The van der Waals surface area contributed by atoms with Gasteiger partial charge in [-0.3, -0.25) is 4.79 Å². The fraction of sp³-hybridized carbons (Fsp3) is 0.522. The molecule has 2 atom stereocenters. The summed E-state index contributed by atoms with van der Waals surface area (Å²) in [4.78, 5) is 27.0. The number of carbonyl (C=O) groups excluding carboxylic acids is 2. The minimum absolute atomic E-state index is 0.114. The summed E-state index contributed by atoms with van der Waals surface area (Å²) >= 11 is 0. The Balaban J connectivity index is 1.39. The van der Waals surface area contributed by atoms with Gasteiger partial charge < -0.3 is 19.1 Å². The van der Waals surface area contributed by atoms with Crippen molar-refractivity contribution >= 4 is 18.0 Å². The number of nitrogens with zero attached hydrogens (tertiary/aromatic N) is 2. The maximum atomic E-state index is 12.8. The van der Waals surface area contributed by atoms with Crippen molar-refractivity contribution in [2.45, 2.75) is 46.1 Å². The molecular formula is C23H26N2O5. The molecule has 1 aromatic rings. The highest BCUT2D eigenvalue weighted by molar-refractivity contribution is 5.99. The highest BCUT2D eigenvalue weighted by Gasteiger charge is 2.50. The lowest BCUT2D eigenvalue weighted by molar-refractivity contribution is -0.149. The first-order chi connectivity index (χ1) is 14.2. The first-order valence-corrected chi connectivity index (χ1v) is 10.2. The third-order valence-corrected chi connectivity index (χ3v) is 6.11. The molecule has 2 unspecified atom stereocenters. The molecular weight excluding hydrogens is 384 g/mol. The smallest absolute Gasteiger partial charge is 0.349 e. The van der Waals surface area contributed by atoms with Crippen LogP contribution in [0.4, 0.5) is 0 Å². The summed E-state index contributed by atoms with van der Waals surface area (Å²) in [5.74, 6) is 0.167. The number of likely N-dealkylation sites (tertiary alicyclic amines) is 1. The highest BCUT2D eigenvalue weighted by Crippen LogP contribution is 2.52. The third-order valence-electron chi connectivity index (χ3n) is 6.11. The van der Waals surface area contributed by atoms with E-state index in [2.05, 4.69) is 20.8 Å². The summed E-state index contributed by atoms with van der Waals surface area (Å²) in [6.45, 7) is 7.19. The van der Waals surface area contributed by atoms with Crippen LogP contribution in [-0.2, 0) is 14.3 Å². The minimum atomic E-state index is -0.808. The number of hydrogen-bond donors (Lipinski definition) is 0. The second-order valence-electron chi connectivity index (χ2n) is 9.59. The zero-order valence-electron chi connectivity index (χ0n) is 17.6. The molecule has 1 saturated heterocycles. The van der Waals surface area contributed by atoms with E-state index in [1.807, 2.05) is 11.0 Å². The molecule has 0 N–H and O–H groups in total. The van der Waals surface area contributed by atoms with E-state index in [1.54, 1.807) is 18.2 Å². The maximum absolute atomic E-state index is 12.8. The summed E-state index contributed by atoms with van der Waals surface area (Å²) in [6.07, 6.45) is 4.44.